The fourth-order valence-electron chi connectivity index (χ4n) is 1.77. The molecule has 5 heteroatoms. The molecule has 3 nitrogen and oxygen atoms in total. The number of hydrogen-bond donors (Lipinski definition) is 2. The standard InChI is InChI=1S/C14H11F2NO2/c15-10-5-6-12(16)11(7-10)13(17)8-1-3-9(4-2-8)14(18)19/h1-7,13H,17H2,(H,18,19). The zero-order valence-electron chi connectivity index (χ0n) is 9.81. The van der Waals surface area contributed by atoms with E-state index in [4.69, 9.17) is 10.8 Å². The van der Waals surface area contributed by atoms with Crippen molar-refractivity contribution in [3.05, 3.63) is 70.8 Å². The average molecular weight is 263 g/mol. The van der Waals surface area contributed by atoms with Gasteiger partial charge in [-0.3, -0.25) is 0 Å². The van der Waals surface area contributed by atoms with Crippen molar-refractivity contribution in [3.8, 4) is 0 Å². The second kappa shape index (κ2) is 5.16. The minimum absolute atomic E-state index is 0.0306. The zero-order chi connectivity index (χ0) is 14.0. The molecule has 2 aromatic carbocycles. The Kier molecular flexibility index (Phi) is 3.57. The van der Waals surface area contributed by atoms with Crippen LogP contribution in [0.4, 0.5) is 8.78 Å². The molecular formula is C14H11F2NO2. The van der Waals surface area contributed by atoms with Crippen LogP contribution in [0.25, 0.3) is 0 Å². The van der Waals surface area contributed by atoms with Crippen LogP contribution in [0.15, 0.2) is 42.5 Å². The van der Waals surface area contributed by atoms with E-state index in [0.29, 0.717) is 5.56 Å². The third kappa shape index (κ3) is 2.77. The molecule has 3 N–H and O–H groups in total. The number of hydrogen-bond acceptors (Lipinski definition) is 2. The minimum atomic E-state index is -1.06. The van der Waals surface area contributed by atoms with Crippen LogP contribution in [0, 0.1) is 11.6 Å². The van der Waals surface area contributed by atoms with Crippen LogP contribution in [0.5, 0.6) is 0 Å². The molecule has 2 rings (SSSR count). The van der Waals surface area contributed by atoms with E-state index in [1.807, 2.05) is 0 Å². The molecule has 0 saturated heterocycles. The number of aromatic carboxylic acids is 1. The molecule has 2 aromatic rings. The van der Waals surface area contributed by atoms with E-state index in [1.54, 1.807) is 0 Å². The molecule has 0 aromatic heterocycles. The first kappa shape index (κ1) is 13.2. The number of carboxylic acid groups (broad SMARTS) is 1. The van der Waals surface area contributed by atoms with Gasteiger partial charge in [0.05, 0.1) is 11.6 Å². The van der Waals surface area contributed by atoms with E-state index < -0.39 is 23.6 Å². The summed E-state index contributed by atoms with van der Waals surface area (Å²) in [5.41, 5.74) is 6.50. The topological polar surface area (TPSA) is 63.3 Å². The predicted molar refractivity (Wildman–Crippen MR) is 65.8 cm³/mol. The lowest BCUT2D eigenvalue weighted by Gasteiger charge is -2.13. The van der Waals surface area contributed by atoms with Gasteiger partial charge < -0.3 is 10.8 Å². The molecule has 0 saturated carbocycles. The van der Waals surface area contributed by atoms with Crippen LogP contribution in [-0.4, -0.2) is 11.1 Å². The molecule has 1 atom stereocenters. The van der Waals surface area contributed by atoms with Crippen LogP contribution in [0.2, 0.25) is 0 Å². The molecule has 0 bridgehead atoms. The average Bonchev–Trinajstić information content (AvgIpc) is 2.41. The predicted octanol–water partition coefficient (Wildman–Crippen LogP) is 2.71. The number of benzene rings is 2. The molecule has 0 heterocycles. The SMILES string of the molecule is NC(c1ccc(C(=O)O)cc1)c1cc(F)ccc1F. The third-order valence-electron chi connectivity index (χ3n) is 2.81. The van der Waals surface area contributed by atoms with Crippen molar-refractivity contribution in [3.63, 3.8) is 0 Å². The quantitative estimate of drug-likeness (QED) is 0.894. The molecule has 19 heavy (non-hydrogen) atoms. The van der Waals surface area contributed by atoms with Crippen molar-refractivity contribution in [1.29, 1.82) is 0 Å². The summed E-state index contributed by atoms with van der Waals surface area (Å²) >= 11 is 0. The van der Waals surface area contributed by atoms with Gasteiger partial charge in [0.2, 0.25) is 0 Å². The second-order valence-corrected chi connectivity index (χ2v) is 4.07. The van der Waals surface area contributed by atoms with Gasteiger partial charge in [-0.2, -0.15) is 0 Å². The van der Waals surface area contributed by atoms with Gasteiger partial charge in [0, 0.05) is 5.56 Å². The monoisotopic (exact) mass is 263 g/mol. The van der Waals surface area contributed by atoms with Crippen molar-refractivity contribution >= 4 is 5.97 Å². The number of nitrogens with two attached hydrogens (primary N) is 1. The van der Waals surface area contributed by atoms with Gasteiger partial charge in [0.1, 0.15) is 11.6 Å². The normalized spacial score (nSPS) is 12.2. The lowest BCUT2D eigenvalue weighted by Crippen LogP contribution is -2.14. The van der Waals surface area contributed by atoms with Crippen LogP contribution in [0.3, 0.4) is 0 Å². The highest BCUT2D eigenvalue weighted by molar-refractivity contribution is 5.87. The lowest BCUT2D eigenvalue weighted by molar-refractivity contribution is 0.0697. The van der Waals surface area contributed by atoms with Gasteiger partial charge in [-0.1, -0.05) is 12.1 Å². The number of carboxylic acids is 1. The number of carbonyl (C=O) groups is 1. The van der Waals surface area contributed by atoms with Gasteiger partial charge >= 0.3 is 5.97 Å². The first-order valence-electron chi connectivity index (χ1n) is 5.53. The van der Waals surface area contributed by atoms with Gasteiger partial charge in [0.25, 0.3) is 0 Å². The first-order chi connectivity index (χ1) is 8.99. The Balaban J connectivity index is 2.35. The van der Waals surface area contributed by atoms with Gasteiger partial charge in [-0.25, -0.2) is 13.6 Å². The molecule has 98 valence electrons. The maximum Gasteiger partial charge on any atom is 0.335 e. The van der Waals surface area contributed by atoms with E-state index in [0.717, 1.165) is 18.2 Å². The van der Waals surface area contributed by atoms with E-state index in [1.165, 1.54) is 24.3 Å². The fraction of sp³-hybridized carbons (Fsp3) is 0.0714. The third-order valence-corrected chi connectivity index (χ3v) is 2.81. The van der Waals surface area contributed by atoms with Crippen molar-refractivity contribution in [2.45, 2.75) is 6.04 Å². The molecule has 1 unspecified atom stereocenters. The Morgan fingerprint density at radius 3 is 2.32 bits per heavy atom. The first-order valence-corrected chi connectivity index (χ1v) is 5.53. The summed E-state index contributed by atoms with van der Waals surface area (Å²) in [5, 5.41) is 8.77. The maximum atomic E-state index is 13.6. The summed E-state index contributed by atoms with van der Waals surface area (Å²) < 4.78 is 26.7. The Morgan fingerprint density at radius 1 is 1.11 bits per heavy atom. The summed E-state index contributed by atoms with van der Waals surface area (Å²) in [6, 6.07) is 7.92. The maximum absolute atomic E-state index is 13.6. The molecule has 0 aliphatic carbocycles. The van der Waals surface area contributed by atoms with Gasteiger partial charge in [-0.15, -0.1) is 0 Å². The van der Waals surface area contributed by atoms with Crippen LogP contribution in [0.1, 0.15) is 27.5 Å². The number of rotatable bonds is 3. The van der Waals surface area contributed by atoms with E-state index in [2.05, 4.69) is 0 Å². The lowest BCUT2D eigenvalue weighted by atomic mass is 9.98. The molecule has 0 amide bonds. The summed E-state index contributed by atoms with van der Waals surface area (Å²) in [5.74, 6) is -2.23. The molecule has 0 radical (unpaired) electrons. The van der Waals surface area contributed by atoms with Crippen molar-refractivity contribution in [2.75, 3.05) is 0 Å². The van der Waals surface area contributed by atoms with Crippen molar-refractivity contribution in [2.24, 2.45) is 5.73 Å². The van der Waals surface area contributed by atoms with Gasteiger partial charge in [0.15, 0.2) is 0 Å². The Labute approximate surface area is 108 Å². The number of halogens is 2. The highest BCUT2D eigenvalue weighted by atomic mass is 19.1. The minimum Gasteiger partial charge on any atom is -0.478 e. The summed E-state index contributed by atoms with van der Waals surface area (Å²) in [4.78, 5) is 10.7. The molecule has 0 fully saturated rings. The van der Waals surface area contributed by atoms with E-state index >= 15 is 0 Å². The molecule has 0 aliphatic heterocycles. The van der Waals surface area contributed by atoms with E-state index in [9.17, 15) is 13.6 Å². The molecule has 0 aliphatic rings. The van der Waals surface area contributed by atoms with Crippen LogP contribution >= 0.6 is 0 Å². The van der Waals surface area contributed by atoms with E-state index in [-0.39, 0.29) is 11.1 Å². The highest BCUT2D eigenvalue weighted by Gasteiger charge is 2.15. The second-order valence-electron chi connectivity index (χ2n) is 4.07. The molecule has 0 spiro atoms. The Hall–Kier alpha value is -2.27. The largest absolute Gasteiger partial charge is 0.478 e. The zero-order valence-corrected chi connectivity index (χ0v) is 9.81. The smallest absolute Gasteiger partial charge is 0.335 e. The molecular weight excluding hydrogens is 252 g/mol. The van der Waals surface area contributed by atoms with Crippen molar-refractivity contribution < 1.29 is 18.7 Å². The van der Waals surface area contributed by atoms with Crippen LogP contribution in [-0.2, 0) is 0 Å². The summed E-state index contributed by atoms with van der Waals surface area (Å²) in [6.45, 7) is 0. The van der Waals surface area contributed by atoms with Crippen LogP contribution < -0.4 is 5.73 Å². The Morgan fingerprint density at radius 2 is 1.74 bits per heavy atom. The highest BCUT2D eigenvalue weighted by Crippen LogP contribution is 2.23. The summed E-state index contributed by atoms with van der Waals surface area (Å²) in [7, 11) is 0. The summed E-state index contributed by atoms with van der Waals surface area (Å²) in [6.07, 6.45) is 0. The fourth-order valence-corrected chi connectivity index (χ4v) is 1.77. The van der Waals surface area contributed by atoms with Crippen molar-refractivity contribution in [1.82, 2.24) is 0 Å². The van der Waals surface area contributed by atoms with Gasteiger partial charge in [-0.05, 0) is 35.9 Å². The Bertz CT molecular complexity index is 611.